The van der Waals surface area contributed by atoms with Gasteiger partial charge in [-0.1, -0.05) is 19.9 Å². The Kier molecular flexibility index (Phi) is 9.91. The molecule has 0 unspecified atom stereocenters. The van der Waals surface area contributed by atoms with Crippen LogP contribution in [0.25, 0.3) is 0 Å². The Hall–Kier alpha value is -0.0400. The summed E-state index contributed by atoms with van der Waals surface area (Å²) in [4.78, 5) is 0. The lowest BCUT2D eigenvalue weighted by Crippen LogP contribution is -2.31. The van der Waals surface area contributed by atoms with Gasteiger partial charge in [-0.05, 0) is 13.0 Å². The molecule has 0 bridgehead atoms. The SMILES string of the molecule is C=CCSCCNS(=O)(=O)CCCNC(C)C. The minimum atomic E-state index is -3.10. The molecule has 0 aliphatic rings. The van der Waals surface area contributed by atoms with Crippen LogP contribution in [0.4, 0.5) is 0 Å². The lowest BCUT2D eigenvalue weighted by molar-refractivity contribution is 0.562. The Morgan fingerprint density at radius 1 is 1.35 bits per heavy atom. The van der Waals surface area contributed by atoms with Gasteiger partial charge >= 0.3 is 0 Å². The maximum atomic E-state index is 11.5. The topological polar surface area (TPSA) is 58.2 Å². The van der Waals surface area contributed by atoms with Crippen LogP contribution in [0.15, 0.2) is 12.7 Å². The summed E-state index contributed by atoms with van der Waals surface area (Å²) in [6.07, 6.45) is 2.46. The molecule has 0 aromatic heterocycles. The molecule has 102 valence electrons. The predicted octanol–water partition coefficient (Wildman–Crippen LogP) is 1.21. The first-order chi connectivity index (χ1) is 7.98. The normalized spacial score (nSPS) is 11.9. The Labute approximate surface area is 110 Å². The van der Waals surface area contributed by atoms with E-state index in [4.69, 9.17) is 0 Å². The molecule has 0 aromatic carbocycles. The lowest BCUT2D eigenvalue weighted by atomic mass is 10.4. The lowest BCUT2D eigenvalue weighted by Gasteiger charge is -2.09. The van der Waals surface area contributed by atoms with E-state index in [1.165, 1.54) is 0 Å². The van der Waals surface area contributed by atoms with Crippen LogP contribution in [-0.2, 0) is 10.0 Å². The van der Waals surface area contributed by atoms with Crippen LogP contribution in [0, 0.1) is 0 Å². The van der Waals surface area contributed by atoms with Crippen LogP contribution in [0.1, 0.15) is 20.3 Å². The van der Waals surface area contributed by atoms with E-state index in [2.05, 4.69) is 16.6 Å². The second kappa shape index (κ2) is 9.94. The molecule has 17 heavy (non-hydrogen) atoms. The zero-order valence-electron chi connectivity index (χ0n) is 10.7. The van der Waals surface area contributed by atoms with Crippen LogP contribution in [0.5, 0.6) is 0 Å². The van der Waals surface area contributed by atoms with Gasteiger partial charge in [-0.3, -0.25) is 0 Å². The molecular weight excluding hydrogens is 256 g/mol. The zero-order valence-corrected chi connectivity index (χ0v) is 12.4. The number of sulfonamides is 1. The molecule has 0 amide bonds. The number of hydrogen-bond donors (Lipinski definition) is 2. The van der Waals surface area contributed by atoms with Crippen molar-refractivity contribution in [3.8, 4) is 0 Å². The van der Waals surface area contributed by atoms with Crippen LogP contribution in [-0.4, -0.2) is 44.8 Å². The summed E-state index contributed by atoms with van der Waals surface area (Å²) >= 11 is 1.67. The summed E-state index contributed by atoms with van der Waals surface area (Å²) < 4.78 is 25.7. The standard InChI is InChI=1S/C11H24N2O2S2/c1-4-8-16-9-7-13-17(14,15)10-5-6-12-11(2)3/h4,11-13H,1,5-10H2,2-3H3. The molecule has 0 aliphatic carbocycles. The van der Waals surface area contributed by atoms with E-state index in [0.29, 0.717) is 19.0 Å². The van der Waals surface area contributed by atoms with Crippen molar-refractivity contribution in [3.05, 3.63) is 12.7 Å². The highest BCUT2D eigenvalue weighted by Crippen LogP contribution is 1.98. The zero-order chi connectivity index (χ0) is 13.1. The van der Waals surface area contributed by atoms with E-state index < -0.39 is 10.0 Å². The molecule has 0 aromatic rings. The molecule has 0 spiro atoms. The fourth-order valence-electron chi connectivity index (χ4n) is 1.16. The third-order valence-electron chi connectivity index (χ3n) is 1.95. The molecule has 0 fully saturated rings. The maximum Gasteiger partial charge on any atom is 0.211 e. The van der Waals surface area contributed by atoms with Gasteiger partial charge in [0.2, 0.25) is 10.0 Å². The average molecular weight is 280 g/mol. The number of thioether (sulfide) groups is 1. The minimum absolute atomic E-state index is 0.193. The van der Waals surface area contributed by atoms with Gasteiger partial charge < -0.3 is 5.32 Å². The molecule has 0 saturated carbocycles. The molecule has 0 aliphatic heterocycles. The summed E-state index contributed by atoms with van der Waals surface area (Å²) in [7, 11) is -3.10. The minimum Gasteiger partial charge on any atom is -0.314 e. The Bertz CT molecular complexity index is 290. The monoisotopic (exact) mass is 280 g/mol. The number of rotatable bonds is 11. The van der Waals surface area contributed by atoms with Crippen molar-refractivity contribution < 1.29 is 8.42 Å². The van der Waals surface area contributed by atoms with Gasteiger partial charge in [-0.25, -0.2) is 13.1 Å². The van der Waals surface area contributed by atoms with Gasteiger partial charge in [-0.2, -0.15) is 11.8 Å². The number of nitrogens with one attached hydrogen (secondary N) is 2. The highest BCUT2D eigenvalue weighted by atomic mass is 32.2. The van der Waals surface area contributed by atoms with E-state index >= 15 is 0 Å². The van der Waals surface area contributed by atoms with Crippen molar-refractivity contribution in [2.45, 2.75) is 26.3 Å². The van der Waals surface area contributed by atoms with Crippen molar-refractivity contribution in [3.63, 3.8) is 0 Å². The Balaban J connectivity index is 3.55. The second-order valence-electron chi connectivity index (χ2n) is 4.04. The first-order valence-electron chi connectivity index (χ1n) is 5.87. The van der Waals surface area contributed by atoms with Crippen molar-refractivity contribution in [2.75, 3.05) is 30.3 Å². The van der Waals surface area contributed by atoms with Gasteiger partial charge in [0.25, 0.3) is 0 Å². The van der Waals surface area contributed by atoms with Crippen LogP contribution < -0.4 is 10.0 Å². The largest absolute Gasteiger partial charge is 0.314 e. The van der Waals surface area contributed by atoms with Gasteiger partial charge in [0.05, 0.1) is 5.75 Å². The fraction of sp³-hybridized carbons (Fsp3) is 0.818. The molecule has 0 radical (unpaired) electrons. The summed E-state index contributed by atoms with van der Waals surface area (Å²) in [5, 5.41) is 3.19. The van der Waals surface area contributed by atoms with Crippen molar-refractivity contribution >= 4 is 21.8 Å². The Morgan fingerprint density at radius 3 is 2.65 bits per heavy atom. The molecule has 0 rings (SSSR count). The van der Waals surface area contributed by atoms with Gasteiger partial charge in [0.1, 0.15) is 0 Å². The maximum absolute atomic E-state index is 11.5. The molecule has 0 heterocycles. The van der Waals surface area contributed by atoms with Gasteiger partial charge in [0, 0.05) is 24.1 Å². The number of hydrogen-bond acceptors (Lipinski definition) is 4. The summed E-state index contributed by atoms with van der Waals surface area (Å²) in [6, 6.07) is 0.404. The molecule has 0 saturated heterocycles. The summed E-state index contributed by atoms with van der Waals surface area (Å²) in [6.45, 7) is 8.93. The van der Waals surface area contributed by atoms with Crippen LogP contribution >= 0.6 is 11.8 Å². The average Bonchev–Trinajstić information content (AvgIpc) is 2.24. The van der Waals surface area contributed by atoms with E-state index in [1.54, 1.807) is 11.8 Å². The van der Waals surface area contributed by atoms with Crippen LogP contribution in [0.2, 0.25) is 0 Å². The predicted molar refractivity (Wildman–Crippen MR) is 77.1 cm³/mol. The molecule has 4 nitrogen and oxygen atoms in total. The summed E-state index contributed by atoms with van der Waals surface area (Å²) in [5.41, 5.74) is 0. The molecule has 6 heteroatoms. The van der Waals surface area contributed by atoms with Crippen LogP contribution in [0.3, 0.4) is 0 Å². The third-order valence-corrected chi connectivity index (χ3v) is 4.38. The smallest absolute Gasteiger partial charge is 0.211 e. The van der Waals surface area contributed by atoms with Crippen molar-refractivity contribution in [2.24, 2.45) is 0 Å². The van der Waals surface area contributed by atoms with Crippen molar-refractivity contribution in [1.29, 1.82) is 0 Å². The first kappa shape index (κ1) is 17.0. The summed E-state index contributed by atoms with van der Waals surface area (Å²) in [5.74, 6) is 1.84. The third kappa shape index (κ3) is 12.2. The van der Waals surface area contributed by atoms with E-state index in [0.717, 1.165) is 18.1 Å². The molecule has 2 N–H and O–H groups in total. The fourth-order valence-corrected chi connectivity index (χ4v) is 2.95. The highest BCUT2D eigenvalue weighted by molar-refractivity contribution is 7.99. The second-order valence-corrected chi connectivity index (χ2v) is 7.12. The van der Waals surface area contributed by atoms with E-state index in [-0.39, 0.29) is 5.75 Å². The van der Waals surface area contributed by atoms with Gasteiger partial charge in [0.15, 0.2) is 0 Å². The quantitative estimate of drug-likeness (QED) is 0.441. The molecule has 0 atom stereocenters. The Morgan fingerprint density at radius 2 is 2.06 bits per heavy atom. The first-order valence-corrected chi connectivity index (χ1v) is 8.68. The van der Waals surface area contributed by atoms with E-state index in [1.807, 2.05) is 19.9 Å². The van der Waals surface area contributed by atoms with E-state index in [9.17, 15) is 8.42 Å². The highest BCUT2D eigenvalue weighted by Gasteiger charge is 2.08. The molecular formula is C11H24N2O2S2. The van der Waals surface area contributed by atoms with Gasteiger partial charge in [-0.15, -0.1) is 6.58 Å². The van der Waals surface area contributed by atoms with Crippen molar-refractivity contribution in [1.82, 2.24) is 10.0 Å².